The molecule has 0 aromatic heterocycles. The van der Waals surface area contributed by atoms with Gasteiger partial charge in [0.15, 0.2) is 0 Å². The van der Waals surface area contributed by atoms with Gasteiger partial charge in [0.25, 0.3) is 0 Å². The van der Waals surface area contributed by atoms with Gasteiger partial charge in [-0.25, -0.2) is 0 Å². The van der Waals surface area contributed by atoms with E-state index in [1.165, 1.54) is 38.6 Å². The van der Waals surface area contributed by atoms with E-state index >= 15 is 0 Å². The Morgan fingerprint density at radius 3 is 2.50 bits per heavy atom. The zero-order valence-corrected chi connectivity index (χ0v) is 12.3. The third kappa shape index (κ3) is 3.25. The molecule has 2 N–H and O–H groups in total. The molecule has 0 radical (unpaired) electrons. The van der Waals surface area contributed by atoms with E-state index < -0.39 is 0 Å². The summed E-state index contributed by atoms with van der Waals surface area (Å²) in [7, 11) is 0. The lowest BCUT2D eigenvalue weighted by Gasteiger charge is -2.43. The van der Waals surface area contributed by atoms with Crippen molar-refractivity contribution in [1.82, 2.24) is 10.2 Å². The first-order valence-electron chi connectivity index (χ1n) is 7.70. The molecule has 2 rings (SSSR count). The van der Waals surface area contributed by atoms with Crippen LogP contribution < -0.4 is 5.32 Å². The highest BCUT2D eigenvalue weighted by Crippen LogP contribution is 2.41. The van der Waals surface area contributed by atoms with Gasteiger partial charge in [-0.15, -0.1) is 0 Å². The minimum absolute atomic E-state index is 0.0558. The molecule has 1 saturated heterocycles. The molecule has 18 heavy (non-hydrogen) atoms. The number of nitrogens with zero attached hydrogens (tertiary/aromatic N) is 1. The van der Waals surface area contributed by atoms with Crippen LogP contribution in [-0.2, 0) is 0 Å². The first-order valence-corrected chi connectivity index (χ1v) is 7.70. The zero-order chi connectivity index (χ0) is 13.2. The Morgan fingerprint density at radius 2 is 2.00 bits per heavy atom. The Bertz CT molecular complexity index is 265. The molecule has 1 saturated carbocycles. The number of rotatable bonds is 6. The summed E-state index contributed by atoms with van der Waals surface area (Å²) in [6, 6.07) is 1.12. The third-order valence-electron chi connectivity index (χ3n) is 4.64. The molecule has 3 heteroatoms. The molecule has 2 unspecified atom stereocenters. The quantitative estimate of drug-likeness (QED) is 0.761. The van der Waals surface area contributed by atoms with E-state index in [4.69, 9.17) is 0 Å². The fourth-order valence-electron chi connectivity index (χ4n) is 3.48. The van der Waals surface area contributed by atoms with Gasteiger partial charge in [-0.1, -0.05) is 20.3 Å². The fraction of sp³-hybridized carbons (Fsp3) is 1.00. The third-order valence-corrected chi connectivity index (χ3v) is 4.64. The van der Waals surface area contributed by atoms with Crippen molar-refractivity contribution in [2.45, 2.75) is 70.5 Å². The second-order valence-corrected chi connectivity index (χ2v) is 6.70. The van der Waals surface area contributed by atoms with E-state index in [9.17, 15) is 5.11 Å². The number of hydrogen-bond donors (Lipinski definition) is 2. The van der Waals surface area contributed by atoms with Gasteiger partial charge in [0.2, 0.25) is 0 Å². The standard InChI is InChI=1S/C15H30N2O/c1-12(2)16-15(11-18,14-7-8-14)10-17-9-5-4-6-13(17)3/h12-14,16,18H,4-11H2,1-3H3. The van der Waals surface area contributed by atoms with Gasteiger partial charge in [-0.05, 0) is 45.1 Å². The van der Waals surface area contributed by atoms with Crippen LogP contribution in [0.5, 0.6) is 0 Å². The van der Waals surface area contributed by atoms with Gasteiger partial charge >= 0.3 is 0 Å². The van der Waals surface area contributed by atoms with Crippen LogP contribution in [0.1, 0.15) is 52.9 Å². The SMILES string of the molecule is CC(C)NC(CO)(CN1CCCCC1C)C1CC1. The van der Waals surface area contributed by atoms with Crippen molar-refractivity contribution in [2.24, 2.45) is 5.92 Å². The van der Waals surface area contributed by atoms with E-state index in [1.807, 2.05) is 0 Å². The molecule has 2 fully saturated rings. The lowest BCUT2D eigenvalue weighted by molar-refractivity contribution is 0.0538. The fourth-order valence-corrected chi connectivity index (χ4v) is 3.48. The maximum Gasteiger partial charge on any atom is 0.0628 e. The van der Waals surface area contributed by atoms with Crippen LogP contribution in [0.2, 0.25) is 0 Å². The largest absolute Gasteiger partial charge is 0.394 e. The summed E-state index contributed by atoms with van der Waals surface area (Å²) in [5, 5.41) is 13.6. The van der Waals surface area contributed by atoms with Crippen molar-refractivity contribution in [3.8, 4) is 0 Å². The summed E-state index contributed by atoms with van der Waals surface area (Å²) < 4.78 is 0. The molecule has 1 heterocycles. The van der Waals surface area contributed by atoms with Crippen LogP contribution in [0.25, 0.3) is 0 Å². The summed E-state index contributed by atoms with van der Waals surface area (Å²) in [5.74, 6) is 0.680. The van der Waals surface area contributed by atoms with Crippen LogP contribution in [0.4, 0.5) is 0 Å². The molecule has 0 aromatic carbocycles. The number of likely N-dealkylation sites (tertiary alicyclic amines) is 1. The van der Waals surface area contributed by atoms with Crippen molar-refractivity contribution in [2.75, 3.05) is 19.7 Å². The number of hydrogen-bond acceptors (Lipinski definition) is 3. The van der Waals surface area contributed by atoms with E-state index in [0.29, 0.717) is 18.0 Å². The van der Waals surface area contributed by atoms with Crippen molar-refractivity contribution >= 4 is 0 Å². The predicted molar refractivity (Wildman–Crippen MR) is 75.7 cm³/mol. The summed E-state index contributed by atoms with van der Waals surface area (Å²) >= 11 is 0. The average molecular weight is 254 g/mol. The summed E-state index contributed by atoms with van der Waals surface area (Å²) in [6.45, 7) is 9.21. The maximum absolute atomic E-state index is 9.96. The lowest BCUT2D eigenvalue weighted by Crippen LogP contribution is -2.61. The van der Waals surface area contributed by atoms with Gasteiger partial charge in [-0.2, -0.15) is 0 Å². The van der Waals surface area contributed by atoms with Crippen molar-refractivity contribution in [3.05, 3.63) is 0 Å². The monoisotopic (exact) mass is 254 g/mol. The molecule has 2 atom stereocenters. The molecule has 0 amide bonds. The molecular formula is C15H30N2O. The van der Waals surface area contributed by atoms with Crippen LogP contribution in [0.3, 0.4) is 0 Å². The lowest BCUT2D eigenvalue weighted by atomic mass is 9.90. The Balaban J connectivity index is 2.03. The van der Waals surface area contributed by atoms with E-state index in [-0.39, 0.29) is 12.1 Å². The van der Waals surface area contributed by atoms with Gasteiger partial charge in [0, 0.05) is 18.6 Å². The smallest absolute Gasteiger partial charge is 0.0628 e. The van der Waals surface area contributed by atoms with Crippen molar-refractivity contribution < 1.29 is 5.11 Å². The van der Waals surface area contributed by atoms with Crippen LogP contribution in [0, 0.1) is 5.92 Å². The molecule has 0 spiro atoms. The van der Waals surface area contributed by atoms with Crippen LogP contribution in [-0.4, -0.2) is 47.3 Å². The molecule has 0 bridgehead atoms. The minimum Gasteiger partial charge on any atom is -0.394 e. The van der Waals surface area contributed by atoms with E-state index in [0.717, 1.165) is 6.54 Å². The highest BCUT2D eigenvalue weighted by Gasteiger charge is 2.46. The number of aliphatic hydroxyl groups excluding tert-OH is 1. The Kier molecular flexibility index (Phi) is 4.68. The molecule has 3 nitrogen and oxygen atoms in total. The predicted octanol–water partition coefficient (Wildman–Crippen LogP) is 2.00. The second kappa shape index (κ2) is 5.89. The highest BCUT2D eigenvalue weighted by atomic mass is 16.3. The second-order valence-electron chi connectivity index (χ2n) is 6.70. The number of aliphatic hydroxyl groups is 1. The van der Waals surface area contributed by atoms with Gasteiger partial charge in [0.1, 0.15) is 0 Å². The van der Waals surface area contributed by atoms with E-state index in [1.54, 1.807) is 0 Å². The number of nitrogens with one attached hydrogen (secondary N) is 1. The Labute approximate surface area is 112 Å². The van der Waals surface area contributed by atoms with Crippen molar-refractivity contribution in [1.29, 1.82) is 0 Å². The maximum atomic E-state index is 9.96. The van der Waals surface area contributed by atoms with E-state index in [2.05, 4.69) is 31.0 Å². The molecule has 1 aliphatic heterocycles. The summed E-state index contributed by atoms with van der Waals surface area (Å²) in [5.41, 5.74) is -0.0558. The van der Waals surface area contributed by atoms with Crippen molar-refractivity contribution in [3.63, 3.8) is 0 Å². The van der Waals surface area contributed by atoms with Crippen LogP contribution >= 0.6 is 0 Å². The minimum atomic E-state index is -0.0558. The molecular weight excluding hydrogens is 224 g/mol. The first-order chi connectivity index (χ1) is 8.57. The molecule has 0 aromatic rings. The number of piperidine rings is 1. The highest BCUT2D eigenvalue weighted by molar-refractivity contribution is 5.04. The Hall–Kier alpha value is -0.120. The Morgan fingerprint density at radius 1 is 1.28 bits per heavy atom. The van der Waals surface area contributed by atoms with Gasteiger partial charge in [-0.3, -0.25) is 4.90 Å². The summed E-state index contributed by atoms with van der Waals surface area (Å²) in [4.78, 5) is 2.59. The van der Waals surface area contributed by atoms with Gasteiger partial charge in [0.05, 0.1) is 12.1 Å². The topological polar surface area (TPSA) is 35.5 Å². The summed E-state index contributed by atoms with van der Waals surface area (Å²) in [6.07, 6.45) is 6.56. The average Bonchev–Trinajstić information content (AvgIpc) is 3.14. The van der Waals surface area contributed by atoms with Gasteiger partial charge < -0.3 is 10.4 Å². The normalized spacial score (nSPS) is 29.5. The molecule has 2 aliphatic rings. The molecule has 106 valence electrons. The molecule has 1 aliphatic carbocycles. The zero-order valence-electron chi connectivity index (χ0n) is 12.3. The first kappa shape index (κ1) is 14.3. The van der Waals surface area contributed by atoms with Crippen LogP contribution in [0.15, 0.2) is 0 Å².